The van der Waals surface area contributed by atoms with E-state index in [-0.39, 0.29) is 28.2 Å². The van der Waals surface area contributed by atoms with Crippen LogP contribution in [0.15, 0.2) is 30.5 Å². The molecule has 3 heterocycles. The predicted molar refractivity (Wildman–Crippen MR) is 92.2 cm³/mol. The summed E-state index contributed by atoms with van der Waals surface area (Å²) in [5, 5.41) is 3.96. The Kier molecular flexibility index (Phi) is 4.11. The molecule has 3 aromatic rings. The Hall–Kier alpha value is -2.68. The Labute approximate surface area is 160 Å². The van der Waals surface area contributed by atoms with Crippen molar-refractivity contribution in [3.05, 3.63) is 57.7 Å². The highest BCUT2D eigenvalue weighted by Crippen LogP contribution is 2.47. The number of pyridine rings is 1. The highest BCUT2D eigenvalue weighted by Gasteiger charge is 2.44. The third-order valence-corrected chi connectivity index (χ3v) is 4.86. The molecule has 1 aliphatic heterocycles. The number of hydrogen-bond donors (Lipinski definition) is 0. The largest absolute Gasteiger partial charge is 0.422 e. The maximum atomic E-state index is 13.9. The first-order valence-corrected chi connectivity index (χ1v) is 8.46. The van der Waals surface area contributed by atoms with Crippen LogP contribution in [0.2, 0.25) is 5.02 Å². The molecule has 0 atom stereocenters. The van der Waals surface area contributed by atoms with Crippen molar-refractivity contribution in [2.45, 2.75) is 25.9 Å². The average molecular weight is 416 g/mol. The number of alkyl halides is 5. The Morgan fingerprint density at radius 3 is 2.61 bits per heavy atom. The summed E-state index contributed by atoms with van der Waals surface area (Å²) in [6, 6.07) is 5.61. The molecule has 0 aliphatic carbocycles. The molecule has 1 aliphatic rings. The van der Waals surface area contributed by atoms with Crippen molar-refractivity contribution in [1.29, 1.82) is 0 Å². The van der Waals surface area contributed by atoms with Crippen LogP contribution in [0.25, 0.3) is 5.52 Å². The van der Waals surface area contributed by atoms with E-state index in [9.17, 15) is 26.7 Å². The Balaban J connectivity index is 2.06. The van der Waals surface area contributed by atoms with Gasteiger partial charge in [-0.05, 0) is 30.2 Å². The van der Waals surface area contributed by atoms with E-state index < -0.39 is 35.5 Å². The molecule has 2 aromatic heterocycles. The quantitative estimate of drug-likeness (QED) is 0.520. The standard InChI is InChI=1S/C18H11ClF5N3O/c1-8-5-10(16(20)21)7-26-14(8)13(18(22,23)24)17(25-26)27-12(28)6-9-3-2-4-11(19)15(9)27/h2-5,7,16H,6H2,1H3. The maximum absolute atomic E-state index is 13.9. The van der Waals surface area contributed by atoms with Crippen LogP contribution in [0.3, 0.4) is 0 Å². The molecule has 0 radical (unpaired) electrons. The van der Waals surface area contributed by atoms with E-state index in [0.717, 1.165) is 21.7 Å². The summed E-state index contributed by atoms with van der Waals surface area (Å²) in [5.74, 6) is -1.32. The average Bonchev–Trinajstić information content (AvgIpc) is 3.12. The van der Waals surface area contributed by atoms with Crippen molar-refractivity contribution in [3.63, 3.8) is 0 Å². The minimum absolute atomic E-state index is 0.0325. The summed E-state index contributed by atoms with van der Waals surface area (Å²) in [6.07, 6.45) is -7.06. The van der Waals surface area contributed by atoms with Crippen molar-refractivity contribution in [2.24, 2.45) is 0 Å². The molecule has 4 nitrogen and oxygen atoms in total. The van der Waals surface area contributed by atoms with E-state index in [1.807, 2.05) is 0 Å². The zero-order valence-electron chi connectivity index (χ0n) is 14.2. The lowest BCUT2D eigenvalue weighted by Gasteiger charge is -2.18. The van der Waals surface area contributed by atoms with Gasteiger partial charge in [-0.25, -0.2) is 13.3 Å². The number of rotatable bonds is 2. The predicted octanol–water partition coefficient (Wildman–Crippen LogP) is 5.47. The number of halogens is 6. The number of carbonyl (C=O) groups is 1. The van der Waals surface area contributed by atoms with E-state index in [1.54, 1.807) is 12.1 Å². The lowest BCUT2D eigenvalue weighted by atomic mass is 10.1. The topological polar surface area (TPSA) is 37.6 Å². The minimum atomic E-state index is -4.88. The summed E-state index contributed by atoms with van der Waals surface area (Å²) in [6.45, 7) is 1.29. The van der Waals surface area contributed by atoms with Gasteiger partial charge in [0.25, 0.3) is 6.43 Å². The zero-order chi connectivity index (χ0) is 20.4. The second kappa shape index (κ2) is 6.16. The van der Waals surface area contributed by atoms with E-state index in [2.05, 4.69) is 5.10 Å². The molecule has 0 N–H and O–H groups in total. The molecule has 1 amide bonds. The number of anilines is 2. The second-order valence-corrected chi connectivity index (χ2v) is 6.81. The van der Waals surface area contributed by atoms with E-state index in [0.29, 0.717) is 5.56 Å². The third kappa shape index (κ3) is 2.72. The number of fused-ring (bicyclic) bond motifs is 2. The molecule has 0 bridgehead atoms. The van der Waals surface area contributed by atoms with Gasteiger partial charge in [0, 0.05) is 11.8 Å². The number of nitrogens with zero attached hydrogens (tertiary/aromatic N) is 3. The number of carbonyl (C=O) groups excluding carboxylic acids is 1. The van der Waals surface area contributed by atoms with Gasteiger partial charge >= 0.3 is 6.18 Å². The van der Waals surface area contributed by atoms with Gasteiger partial charge in [0.15, 0.2) is 5.82 Å². The number of benzene rings is 1. The fraction of sp³-hybridized carbons (Fsp3) is 0.222. The molecule has 0 spiro atoms. The molecule has 146 valence electrons. The highest BCUT2D eigenvalue weighted by molar-refractivity contribution is 6.35. The summed E-state index contributed by atoms with van der Waals surface area (Å²) < 4.78 is 68.7. The van der Waals surface area contributed by atoms with Gasteiger partial charge < -0.3 is 0 Å². The smallest absolute Gasteiger partial charge is 0.274 e. The van der Waals surface area contributed by atoms with Crippen molar-refractivity contribution >= 4 is 34.5 Å². The highest BCUT2D eigenvalue weighted by atomic mass is 35.5. The number of aromatic nitrogens is 2. The zero-order valence-corrected chi connectivity index (χ0v) is 14.9. The lowest BCUT2D eigenvalue weighted by Crippen LogP contribution is -2.24. The van der Waals surface area contributed by atoms with E-state index >= 15 is 0 Å². The number of amides is 1. The van der Waals surface area contributed by atoms with Crippen molar-refractivity contribution in [3.8, 4) is 0 Å². The first-order chi connectivity index (χ1) is 13.1. The molecule has 1 aromatic carbocycles. The van der Waals surface area contributed by atoms with Gasteiger partial charge in [0.05, 0.1) is 22.6 Å². The van der Waals surface area contributed by atoms with Crippen LogP contribution in [0.5, 0.6) is 0 Å². The van der Waals surface area contributed by atoms with Gasteiger partial charge in [0.1, 0.15) is 5.56 Å². The van der Waals surface area contributed by atoms with Crippen LogP contribution < -0.4 is 4.90 Å². The van der Waals surface area contributed by atoms with Gasteiger partial charge in [0.2, 0.25) is 5.91 Å². The van der Waals surface area contributed by atoms with E-state index in [4.69, 9.17) is 11.6 Å². The van der Waals surface area contributed by atoms with E-state index in [1.165, 1.54) is 13.0 Å². The van der Waals surface area contributed by atoms with Crippen molar-refractivity contribution < 1.29 is 26.7 Å². The normalized spacial score (nSPS) is 14.4. The van der Waals surface area contributed by atoms with Crippen LogP contribution in [-0.2, 0) is 17.4 Å². The van der Waals surface area contributed by atoms with Crippen molar-refractivity contribution in [1.82, 2.24) is 9.61 Å². The summed E-state index contributed by atoms with van der Waals surface area (Å²) in [5.41, 5.74) is -1.48. The molecular formula is C18H11ClF5N3O. The van der Waals surface area contributed by atoms with Crippen molar-refractivity contribution in [2.75, 3.05) is 4.90 Å². The molecule has 0 unspecified atom stereocenters. The lowest BCUT2D eigenvalue weighted by molar-refractivity contribution is -0.135. The summed E-state index contributed by atoms with van der Waals surface area (Å²) >= 11 is 6.13. The minimum Gasteiger partial charge on any atom is -0.274 e. The maximum Gasteiger partial charge on any atom is 0.422 e. The van der Waals surface area contributed by atoms with Gasteiger partial charge in [-0.15, -0.1) is 5.10 Å². The van der Waals surface area contributed by atoms with Crippen LogP contribution in [0, 0.1) is 6.92 Å². The Morgan fingerprint density at radius 1 is 1.25 bits per heavy atom. The third-order valence-electron chi connectivity index (χ3n) is 4.55. The number of aryl methyl sites for hydroxylation is 1. The Morgan fingerprint density at radius 2 is 1.96 bits per heavy atom. The second-order valence-electron chi connectivity index (χ2n) is 6.40. The summed E-state index contributed by atoms with van der Waals surface area (Å²) in [7, 11) is 0. The molecule has 4 rings (SSSR count). The van der Waals surface area contributed by atoms with Gasteiger partial charge in [-0.1, -0.05) is 23.7 Å². The number of hydrogen-bond acceptors (Lipinski definition) is 2. The molecule has 28 heavy (non-hydrogen) atoms. The molecule has 0 saturated heterocycles. The van der Waals surface area contributed by atoms with Crippen LogP contribution >= 0.6 is 11.6 Å². The first kappa shape index (κ1) is 18.7. The fourth-order valence-corrected chi connectivity index (χ4v) is 3.75. The van der Waals surface area contributed by atoms with Gasteiger partial charge in [-0.2, -0.15) is 13.2 Å². The molecule has 0 saturated carbocycles. The molecular weight excluding hydrogens is 405 g/mol. The SMILES string of the molecule is Cc1cc(C(F)F)cn2nc(N3C(=O)Cc4cccc(Cl)c43)c(C(F)(F)F)c12. The van der Waals surface area contributed by atoms with Crippen LogP contribution in [-0.4, -0.2) is 15.5 Å². The van der Waals surface area contributed by atoms with Crippen LogP contribution in [0.1, 0.15) is 28.7 Å². The monoisotopic (exact) mass is 415 g/mol. The molecule has 0 fully saturated rings. The van der Waals surface area contributed by atoms with Crippen LogP contribution in [0.4, 0.5) is 33.5 Å². The first-order valence-electron chi connectivity index (χ1n) is 8.08. The Bertz CT molecular complexity index is 1120. The van der Waals surface area contributed by atoms with Gasteiger partial charge in [-0.3, -0.25) is 9.69 Å². The fourth-order valence-electron chi connectivity index (χ4n) is 3.47. The molecule has 10 heteroatoms. The summed E-state index contributed by atoms with van der Waals surface area (Å²) in [4.78, 5) is 13.3. The number of para-hydroxylation sites is 1.